The van der Waals surface area contributed by atoms with Crippen molar-refractivity contribution in [3.05, 3.63) is 41.1 Å². The Morgan fingerprint density at radius 3 is 2.70 bits per heavy atom. The summed E-state index contributed by atoms with van der Waals surface area (Å²) in [4.78, 5) is 0. The molecule has 3 atom stereocenters. The Balaban J connectivity index is 1.63. The Bertz CT molecular complexity index is 887. The lowest BCUT2D eigenvalue weighted by Gasteiger charge is -2.23. The number of hydrogen-bond acceptors (Lipinski definition) is 4. The van der Waals surface area contributed by atoms with Crippen LogP contribution in [0.4, 0.5) is 11.5 Å². The normalized spacial score (nSPS) is 24.6. The second-order valence-corrected chi connectivity index (χ2v) is 8.96. The zero-order valence-corrected chi connectivity index (χ0v) is 16.4. The van der Waals surface area contributed by atoms with Crippen molar-refractivity contribution in [2.45, 2.75) is 76.4 Å². The van der Waals surface area contributed by atoms with Crippen LogP contribution in [0.15, 0.2) is 24.3 Å². The highest BCUT2D eigenvalue weighted by Crippen LogP contribution is 2.38. The molecule has 1 aromatic heterocycles. The number of aliphatic hydroxyl groups is 1. The van der Waals surface area contributed by atoms with Crippen molar-refractivity contribution < 1.29 is 5.11 Å². The van der Waals surface area contributed by atoms with E-state index in [-0.39, 0.29) is 17.6 Å². The molecular formula is C22H28N4O. The molecule has 4 rings (SSSR count). The quantitative estimate of drug-likeness (QED) is 0.837. The number of nitrogens with one attached hydrogen (secondary N) is 1. The van der Waals surface area contributed by atoms with Gasteiger partial charge in [-0.05, 0) is 76.1 Å². The summed E-state index contributed by atoms with van der Waals surface area (Å²) in [5, 5.41) is 27.6. The molecule has 27 heavy (non-hydrogen) atoms. The minimum atomic E-state index is -0.198. The van der Waals surface area contributed by atoms with E-state index in [2.05, 4.69) is 61.1 Å². The molecule has 2 aliphatic rings. The fraction of sp³-hybridized carbons (Fsp3) is 0.545. The molecule has 1 fully saturated rings. The second kappa shape index (κ2) is 6.69. The number of aromatic nitrogens is 2. The zero-order chi connectivity index (χ0) is 19.2. The Labute approximate surface area is 161 Å². The molecule has 0 aliphatic heterocycles. The molecule has 142 valence electrons. The van der Waals surface area contributed by atoms with E-state index in [0.717, 1.165) is 49.3 Å². The molecule has 1 aromatic carbocycles. The van der Waals surface area contributed by atoms with Crippen LogP contribution in [0.25, 0.3) is 0 Å². The summed E-state index contributed by atoms with van der Waals surface area (Å²) in [5.74, 6) is 1.35. The number of nitrogens with zero attached hydrogens (tertiary/aromatic N) is 3. The van der Waals surface area contributed by atoms with Gasteiger partial charge >= 0.3 is 0 Å². The minimum absolute atomic E-state index is 0.0366. The average Bonchev–Trinajstić information content (AvgIpc) is 3.31. The van der Waals surface area contributed by atoms with Crippen LogP contribution >= 0.6 is 0 Å². The summed E-state index contributed by atoms with van der Waals surface area (Å²) < 4.78 is 2.05. The minimum Gasteiger partial charge on any atom is -0.393 e. The number of hydrogen-bond donors (Lipinski definition) is 2. The molecule has 1 saturated carbocycles. The third-order valence-corrected chi connectivity index (χ3v) is 5.84. The van der Waals surface area contributed by atoms with Gasteiger partial charge in [-0.25, -0.2) is 4.68 Å². The number of aliphatic hydroxyl groups excluding tert-OH is 1. The van der Waals surface area contributed by atoms with Crippen LogP contribution in [0.2, 0.25) is 0 Å². The summed E-state index contributed by atoms with van der Waals surface area (Å²) in [6, 6.07) is 10.9. The maximum Gasteiger partial charge on any atom is 0.129 e. The Kier molecular flexibility index (Phi) is 4.47. The number of anilines is 2. The molecule has 5 nitrogen and oxygen atoms in total. The van der Waals surface area contributed by atoms with Gasteiger partial charge in [0.2, 0.25) is 0 Å². The molecule has 2 aromatic rings. The predicted octanol–water partition coefficient (Wildman–Crippen LogP) is 4.56. The summed E-state index contributed by atoms with van der Waals surface area (Å²) in [6.07, 6.45) is 4.35. The molecule has 5 heteroatoms. The van der Waals surface area contributed by atoms with Gasteiger partial charge in [0.05, 0.1) is 29.3 Å². The molecular weight excluding hydrogens is 336 g/mol. The van der Waals surface area contributed by atoms with Crippen molar-refractivity contribution in [3.63, 3.8) is 0 Å². The summed E-state index contributed by atoms with van der Waals surface area (Å²) in [7, 11) is 0. The van der Waals surface area contributed by atoms with Crippen molar-refractivity contribution in [2.75, 3.05) is 5.32 Å². The highest BCUT2D eigenvalue weighted by Gasteiger charge is 2.29. The van der Waals surface area contributed by atoms with Crippen LogP contribution in [0, 0.1) is 11.3 Å². The van der Waals surface area contributed by atoms with E-state index in [0.29, 0.717) is 5.92 Å². The smallest absolute Gasteiger partial charge is 0.129 e. The third-order valence-electron chi connectivity index (χ3n) is 5.84. The van der Waals surface area contributed by atoms with E-state index >= 15 is 0 Å². The van der Waals surface area contributed by atoms with Gasteiger partial charge in [-0.3, -0.25) is 0 Å². The lowest BCUT2D eigenvalue weighted by molar-refractivity contribution is 0.181. The van der Waals surface area contributed by atoms with Crippen molar-refractivity contribution in [1.29, 1.82) is 5.26 Å². The number of fused-ring (bicyclic) bond motifs is 1. The molecule has 0 saturated heterocycles. The standard InChI is InChI=1S/C22H28N4O/c1-22(2,3)26-21(12-20(25-26)15-6-8-18(27)11-15)24-17-7-9-19-14(10-17)4-5-16(19)13-23/h7,9-10,12,15-16,18,24,27H,4-6,8,11H2,1-3H3/t15-,16?,18+/m0/s1. The SMILES string of the molecule is CC(C)(C)n1nc([C@H]2CC[C@@H](O)C2)cc1Nc1ccc2c(c1)CCC2C#N. The monoisotopic (exact) mass is 364 g/mol. The van der Waals surface area contributed by atoms with Gasteiger partial charge < -0.3 is 10.4 Å². The zero-order valence-electron chi connectivity index (χ0n) is 16.4. The number of rotatable bonds is 3. The topological polar surface area (TPSA) is 73.9 Å². The molecule has 0 amide bonds. The molecule has 0 radical (unpaired) electrons. The van der Waals surface area contributed by atoms with Crippen molar-refractivity contribution >= 4 is 11.5 Å². The van der Waals surface area contributed by atoms with Crippen LogP contribution in [0.1, 0.15) is 75.1 Å². The van der Waals surface area contributed by atoms with E-state index in [1.807, 2.05) is 0 Å². The molecule has 1 heterocycles. The van der Waals surface area contributed by atoms with Gasteiger partial charge in [0.15, 0.2) is 0 Å². The first kappa shape index (κ1) is 18.1. The summed E-state index contributed by atoms with van der Waals surface area (Å²) in [6.45, 7) is 6.45. The van der Waals surface area contributed by atoms with Crippen molar-refractivity contribution in [1.82, 2.24) is 9.78 Å². The largest absolute Gasteiger partial charge is 0.393 e. The van der Waals surface area contributed by atoms with E-state index in [4.69, 9.17) is 5.10 Å². The van der Waals surface area contributed by atoms with Crippen LogP contribution < -0.4 is 5.32 Å². The van der Waals surface area contributed by atoms with E-state index in [1.54, 1.807) is 0 Å². The first-order valence-electron chi connectivity index (χ1n) is 9.93. The van der Waals surface area contributed by atoms with Gasteiger partial charge in [-0.15, -0.1) is 0 Å². The van der Waals surface area contributed by atoms with Crippen LogP contribution in [-0.2, 0) is 12.0 Å². The maximum atomic E-state index is 9.89. The third kappa shape index (κ3) is 3.46. The van der Waals surface area contributed by atoms with Gasteiger partial charge in [-0.2, -0.15) is 10.4 Å². The van der Waals surface area contributed by atoms with Gasteiger partial charge in [0.25, 0.3) is 0 Å². The molecule has 1 unspecified atom stereocenters. The number of nitriles is 1. The summed E-state index contributed by atoms with van der Waals surface area (Å²) in [5.41, 5.74) is 4.41. The van der Waals surface area contributed by atoms with Crippen LogP contribution in [0.5, 0.6) is 0 Å². The second-order valence-electron chi connectivity index (χ2n) is 8.96. The van der Waals surface area contributed by atoms with Gasteiger partial charge in [0, 0.05) is 17.7 Å². The summed E-state index contributed by atoms with van der Waals surface area (Å²) >= 11 is 0. The highest BCUT2D eigenvalue weighted by atomic mass is 16.3. The fourth-order valence-electron chi connectivity index (χ4n) is 4.40. The van der Waals surface area contributed by atoms with Gasteiger partial charge in [-0.1, -0.05) is 6.07 Å². The van der Waals surface area contributed by atoms with E-state index in [9.17, 15) is 10.4 Å². The molecule has 0 bridgehead atoms. The average molecular weight is 364 g/mol. The van der Waals surface area contributed by atoms with E-state index < -0.39 is 0 Å². The number of benzene rings is 1. The maximum absolute atomic E-state index is 9.89. The van der Waals surface area contributed by atoms with Gasteiger partial charge in [0.1, 0.15) is 5.82 Å². The lowest BCUT2D eigenvalue weighted by atomic mass is 10.0. The molecule has 0 spiro atoms. The Morgan fingerprint density at radius 1 is 1.22 bits per heavy atom. The van der Waals surface area contributed by atoms with E-state index in [1.165, 1.54) is 11.1 Å². The first-order valence-corrected chi connectivity index (χ1v) is 9.93. The Hall–Kier alpha value is -2.32. The van der Waals surface area contributed by atoms with Crippen molar-refractivity contribution in [3.8, 4) is 6.07 Å². The van der Waals surface area contributed by atoms with Crippen molar-refractivity contribution in [2.24, 2.45) is 0 Å². The number of aryl methyl sites for hydroxylation is 1. The molecule has 2 aliphatic carbocycles. The van der Waals surface area contributed by atoms with Crippen LogP contribution in [0.3, 0.4) is 0 Å². The highest BCUT2D eigenvalue weighted by molar-refractivity contribution is 5.60. The first-order chi connectivity index (χ1) is 12.8. The van der Waals surface area contributed by atoms with Crippen LogP contribution in [-0.4, -0.2) is 21.0 Å². The lowest BCUT2D eigenvalue weighted by Crippen LogP contribution is -2.24. The molecule has 2 N–H and O–H groups in total. The fourth-order valence-corrected chi connectivity index (χ4v) is 4.40. The predicted molar refractivity (Wildman–Crippen MR) is 106 cm³/mol. The Morgan fingerprint density at radius 2 is 2.04 bits per heavy atom.